The molecule has 0 aromatic heterocycles. The number of carbonyl (C=O) groups excluding carboxylic acids is 1. The molecule has 1 amide bonds. The monoisotopic (exact) mass is 293 g/mol. The largest absolute Gasteiger partial charge is 0.494 e. The summed E-state index contributed by atoms with van der Waals surface area (Å²) in [6.07, 6.45) is 2.48. The van der Waals surface area contributed by atoms with Gasteiger partial charge in [0, 0.05) is 25.8 Å². The number of carbonyl (C=O) groups is 1. The van der Waals surface area contributed by atoms with E-state index < -0.39 is 5.54 Å². The standard InChI is InChI=1S/C16H27N3O2/c1-16(18-2,15(17)20)10-5-6-11-21-14-9-7-8-13(12-14)19(3)4/h7-9,12,18H,5-6,10-11H2,1-4H3,(H2,17,20). The summed E-state index contributed by atoms with van der Waals surface area (Å²) in [5, 5.41) is 2.99. The summed E-state index contributed by atoms with van der Waals surface area (Å²) >= 11 is 0. The number of hydrogen-bond acceptors (Lipinski definition) is 4. The highest BCUT2D eigenvalue weighted by Gasteiger charge is 2.27. The molecule has 1 rings (SSSR count). The van der Waals surface area contributed by atoms with Crippen LogP contribution in [-0.4, -0.2) is 39.2 Å². The van der Waals surface area contributed by atoms with E-state index in [2.05, 4.69) is 5.32 Å². The summed E-state index contributed by atoms with van der Waals surface area (Å²) in [7, 11) is 5.76. The Balaban J connectivity index is 2.35. The lowest BCUT2D eigenvalue weighted by Gasteiger charge is -2.25. The third-order valence-corrected chi connectivity index (χ3v) is 3.77. The molecule has 1 unspecified atom stereocenters. The predicted octanol–water partition coefficient (Wildman–Crippen LogP) is 1.77. The van der Waals surface area contributed by atoms with Gasteiger partial charge in [-0.15, -0.1) is 0 Å². The zero-order valence-electron chi connectivity index (χ0n) is 13.5. The Morgan fingerprint density at radius 1 is 1.38 bits per heavy atom. The van der Waals surface area contributed by atoms with E-state index in [-0.39, 0.29) is 5.91 Å². The minimum absolute atomic E-state index is 0.315. The summed E-state index contributed by atoms with van der Waals surface area (Å²) < 4.78 is 5.74. The highest BCUT2D eigenvalue weighted by Crippen LogP contribution is 2.20. The lowest BCUT2D eigenvalue weighted by molar-refractivity contribution is -0.123. The SMILES string of the molecule is CNC(C)(CCCCOc1cccc(N(C)C)c1)C(N)=O. The number of hydrogen-bond donors (Lipinski definition) is 2. The molecule has 0 bridgehead atoms. The molecule has 1 aromatic rings. The lowest BCUT2D eigenvalue weighted by Crippen LogP contribution is -2.51. The van der Waals surface area contributed by atoms with Crippen LogP contribution < -0.4 is 20.7 Å². The smallest absolute Gasteiger partial charge is 0.237 e. The Morgan fingerprint density at radius 3 is 2.67 bits per heavy atom. The first-order chi connectivity index (χ1) is 9.89. The molecule has 0 aliphatic heterocycles. The fourth-order valence-electron chi connectivity index (χ4n) is 1.99. The average molecular weight is 293 g/mol. The topological polar surface area (TPSA) is 67.6 Å². The van der Waals surface area contributed by atoms with Crippen molar-refractivity contribution in [1.29, 1.82) is 0 Å². The van der Waals surface area contributed by atoms with Gasteiger partial charge in [0.15, 0.2) is 0 Å². The number of rotatable bonds is 9. The van der Waals surface area contributed by atoms with Crippen molar-refractivity contribution in [2.75, 3.05) is 32.6 Å². The first kappa shape index (κ1) is 17.3. The van der Waals surface area contributed by atoms with E-state index in [9.17, 15) is 4.79 Å². The van der Waals surface area contributed by atoms with Gasteiger partial charge in [-0.1, -0.05) is 6.07 Å². The van der Waals surface area contributed by atoms with Crippen LogP contribution in [-0.2, 0) is 4.79 Å². The molecule has 0 saturated carbocycles. The number of nitrogens with zero attached hydrogens (tertiary/aromatic N) is 1. The zero-order valence-corrected chi connectivity index (χ0v) is 13.5. The first-order valence-electron chi connectivity index (χ1n) is 7.28. The average Bonchev–Trinajstić information content (AvgIpc) is 2.46. The fraction of sp³-hybridized carbons (Fsp3) is 0.562. The zero-order chi connectivity index (χ0) is 15.9. The molecule has 5 nitrogen and oxygen atoms in total. The summed E-state index contributed by atoms with van der Waals surface area (Å²) in [6, 6.07) is 7.99. The van der Waals surface area contributed by atoms with Gasteiger partial charge in [-0.2, -0.15) is 0 Å². The first-order valence-corrected chi connectivity index (χ1v) is 7.28. The maximum atomic E-state index is 11.4. The molecule has 0 aliphatic carbocycles. The number of anilines is 1. The van der Waals surface area contributed by atoms with Gasteiger partial charge in [0.05, 0.1) is 12.1 Å². The summed E-state index contributed by atoms with van der Waals surface area (Å²) in [5.74, 6) is 0.553. The number of ether oxygens (including phenoxy) is 1. The summed E-state index contributed by atoms with van der Waals surface area (Å²) in [6.45, 7) is 2.46. The lowest BCUT2D eigenvalue weighted by atomic mass is 9.94. The van der Waals surface area contributed by atoms with E-state index in [4.69, 9.17) is 10.5 Å². The quantitative estimate of drug-likeness (QED) is 0.681. The molecule has 21 heavy (non-hydrogen) atoms. The number of nitrogens with two attached hydrogens (primary N) is 1. The van der Waals surface area contributed by atoms with Crippen molar-refractivity contribution in [2.45, 2.75) is 31.7 Å². The van der Waals surface area contributed by atoms with Crippen LogP contribution in [0.25, 0.3) is 0 Å². The molecule has 0 spiro atoms. The number of primary amides is 1. The number of nitrogens with one attached hydrogen (secondary N) is 1. The van der Waals surface area contributed by atoms with E-state index >= 15 is 0 Å². The molecule has 0 radical (unpaired) electrons. The highest BCUT2D eigenvalue weighted by molar-refractivity contribution is 5.84. The van der Waals surface area contributed by atoms with Crippen molar-refractivity contribution in [3.8, 4) is 5.75 Å². The molecule has 0 fully saturated rings. The van der Waals surface area contributed by atoms with Gasteiger partial charge in [0.25, 0.3) is 0 Å². The third kappa shape index (κ3) is 5.27. The molecule has 0 heterocycles. The van der Waals surface area contributed by atoms with Crippen molar-refractivity contribution in [3.63, 3.8) is 0 Å². The molecular weight excluding hydrogens is 266 g/mol. The van der Waals surface area contributed by atoms with Gasteiger partial charge in [-0.3, -0.25) is 4.79 Å². The summed E-state index contributed by atoms with van der Waals surface area (Å²) in [5.41, 5.74) is 5.88. The second-order valence-corrected chi connectivity index (χ2v) is 5.64. The van der Waals surface area contributed by atoms with Gasteiger partial charge in [-0.05, 0) is 45.4 Å². The maximum Gasteiger partial charge on any atom is 0.237 e. The van der Waals surface area contributed by atoms with Gasteiger partial charge < -0.3 is 20.7 Å². The Bertz CT molecular complexity index is 463. The van der Waals surface area contributed by atoms with Crippen LogP contribution in [0.1, 0.15) is 26.2 Å². The highest BCUT2D eigenvalue weighted by atomic mass is 16.5. The van der Waals surface area contributed by atoms with Gasteiger partial charge >= 0.3 is 0 Å². The van der Waals surface area contributed by atoms with Crippen molar-refractivity contribution in [2.24, 2.45) is 5.73 Å². The van der Waals surface area contributed by atoms with Gasteiger partial charge in [0.2, 0.25) is 5.91 Å². The molecule has 0 saturated heterocycles. The Morgan fingerprint density at radius 2 is 2.10 bits per heavy atom. The summed E-state index contributed by atoms with van der Waals surface area (Å²) in [4.78, 5) is 13.4. The van der Waals surface area contributed by atoms with Crippen molar-refractivity contribution in [3.05, 3.63) is 24.3 Å². The van der Waals surface area contributed by atoms with E-state index in [1.54, 1.807) is 7.05 Å². The van der Waals surface area contributed by atoms with E-state index in [1.807, 2.05) is 50.2 Å². The van der Waals surface area contributed by atoms with Gasteiger partial charge in [0.1, 0.15) is 5.75 Å². The Hall–Kier alpha value is -1.75. The molecular formula is C16H27N3O2. The molecule has 1 aromatic carbocycles. The van der Waals surface area contributed by atoms with Crippen molar-refractivity contribution in [1.82, 2.24) is 5.32 Å². The van der Waals surface area contributed by atoms with Gasteiger partial charge in [-0.25, -0.2) is 0 Å². The minimum atomic E-state index is -0.634. The molecule has 3 N–H and O–H groups in total. The van der Waals surface area contributed by atoms with Crippen LogP contribution in [0.15, 0.2) is 24.3 Å². The Kier molecular flexibility index (Phi) is 6.49. The van der Waals surface area contributed by atoms with Crippen LogP contribution in [0.5, 0.6) is 5.75 Å². The molecule has 1 atom stereocenters. The van der Waals surface area contributed by atoms with Crippen molar-refractivity contribution >= 4 is 11.6 Å². The molecule has 0 aliphatic rings. The number of likely N-dealkylation sites (N-methyl/N-ethyl adjacent to an activating group) is 1. The van der Waals surface area contributed by atoms with Crippen LogP contribution in [0, 0.1) is 0 Å². The third-order valence-electron chi connectivity index (χ3n) is 3.77. The van der Waals surface area contributed by atoms with E-state index in [1.165, 1.54) is 0 Å². The second-order valence-electron chi connectivity index (χ2n) is 5.64. The number of amides is 1. The normalized spacial score (nSPS) is 13.5. The maximum absolute atomic E-state index is 11.4. The predicted molar refractivity (Wildman–Crippen MR) is 86.8 cm³/mol. The van der Waals surface area contributed by atoms with Crippen molar-refractivity contribution < 1.29 is 9.53 Å². The number of benzene rings is 1. The second kappa shape index (κ2) is 7.88. The molecule has 5 heteroatoms. The number of unbranched alkanes of at least 4 members (excludes halogenated alkanes) is 1. The van der Waals surface area contributed by atoms with E-state index in [0.717, 1.165) is 24.3 Å². The van der Waals surface area contributed by atoms with Crippen LogP contribution in [0.3, 0.4) is 0 Å². The van der Waals surface area contributed by atoms with Crippen LogP contribution >= 0.6 is 0 Å². The van der Waals surface area contributed by atoms with Crippen LogP contribution in [0.2, 0.25) is 0 Å². The van der Waals surface area contributed by atoms with E-state index in [0.29, 0.717) is 13.0 Å². The minimum Gasteiger partial charge on any atom is -0.494 e. The van der Waals surface area contributed by atoms with Crippen LogP contribution in [0.4, 0.5) is 5.69 Å². The molecule has 118 valence electrons. The fourth-order valence-corrected chi connectivity index (χ4v) is 1.99. The Labute approximate surface area is 127 Å².